The van der Waals surface area contributed by atoms with Crippen LogP contribution < -0.4 is 5.14 Å². The topological polar surface area (TPSA) is 90.9 Å². The quantitative estimate of drug-likeness (QED) is 0.840. The molecule has 1 aromatic heterocycles. The molecule has 0 aromatic carbocycles. The molecule has 96 valence electrons. The lowest BCUT2D eigenvalue weighted by atomic mass is 9.83. The van der Waals surface area contributed by atoms with E-state index >= 15 is 0 Å². The highest BCUT2D eigenvalue weighted by Crippen LogP contribution is 2.29. The number of hydrogen-bond donors (Lipinski definition) is 1. The van der Waals surface area contributed by atoms with Gasteiger partial charge in [0, 0.05) is 13.0 Å². The molecule has 0 bridgehead atoms. The van der Waals surface area contributed by atoms with Gasteiger partial charge in [-0.2, -0.15) is 0 Å². The molecule has 0 atom stereocenters. The van der Waals surface area contributed by atoms with E-state index in [9.17, 15) is 8.42 Å². The number of nitrogens with two attached hydrogens (primary N) is 1. The first-order valence-electron chi connectivity index (χ1n) is 5.97. The second-order valence-corrected chi connectivity index (χ2v) is 6.05. The summed E-state index contributed by atoms with van der Waals surface area (Å²) in [7, 11) is -3.77. The highest BCUT2D eigenvalue weighted by molar-refractivity contribution is 7.89. The van der Waals surface area contributed by atoms with Gasteiger partial charge in [-0.1, -0.05) is 26.2 Å². The maximum absolute atomic E-state index is 11.4. The first-order chi connectivity index (χ1) is 8.02. The molecule has 0 saturated heterocycles. The van der Waals surface area contributed by atoms with E-state index in [-0.39, 0.29) is 5.16 Å². The summed E-state index contributed by atoms with van der Waals surface area (Å²) in [6.45, 7) is 2.58. The molecule has 6 nitrogen and oxygen atoms in total. The van der Waals surface area contributed by atoms with Crippen molar-refractivity contribution in [1.29, 1.82) is 0 Å². The Morgan fingerprint density at radius 3 is 2.59 bits per heavy atom. The van der Waals surface area contributed by atoms with Crippen molar-refractivity contribution in [3.05, 3.63) is 5.82 Å². The Balaban J connectivity index is 2.28. The van der Waals surface area contributed by atoms with Gasteiger partial charge >= 0.3 is 0 Å². The molecule has 0 spiro atoms. The van der Waals surface area contributed by atoms with E-state index in [1.54, 1.807) is 4.57 Å². The second-order valence-electron chi connectivity index (χ2n) is 4.60. The van der Waals surface area contributed by atoms with Gasteiger partial charge in [-0.25, -0.2) is 13.6 Å². The highest BCUT2D eigenvalue weighted by Gasteiger charge is 2.25. The summed E-state index contributed by atoms with van der Waals surface area (Å²) in [4.78, 5) is 0. The first-order valence-corrected chi connectivity index (χ1v) is 7.52. The number of rotatable bonds is 5. The Kier molecular flexibility index (Phi) is 3.48. The molecule has 1 aliphatic rings. The Bertz CT molecular complexity index is 490. The van der Waals surface area contributed by atoms with Crippen LogP contribution in [-0.4, -0.2) is 23.2 Å². The summed E-state index contributed by atoms with van der Waals surface area (Å²) in [6, 6.07) is 0. The van der Waals surface area contributed by atoms with Crippen molar-refractivity contribution in [2.75, 3.05) is 0 Å². The van der Waals surface area contributed by atoms with Gasteiger partial charge in [-0.3, -0.25) is 0 Å². The third-order valence-corrected chi connectivity index (χ3v) is 4.00. The Hall–Kier alpha value is -0.950. The number of hydrogen-bond acceptors (Lipinski definition) is 4. The maximum Gasteiger partial charge on any atom is 0.273 e. The Morgan fingerprint density at radius 2 is 2.12 bits per heavy atom. The van der Waals surface area contributed by atoms with Crippen LogP contribution >= 0.6 is 0 Å². The van der Waals surface area contributed by atoms with E-state index in [1.165, 1.54) is 19.3 Å². The fraction of sp³-hybridized carbons (Fsp3) is 0.800. The van der Waals surface area contributed by atoms with Gasteiger partial charge in [0.05, 0.1) is 0 Å². The summed E-state index contributed by atoms with van der Waals surface area (Å²) in [5.41, 5.74) is 0. The lowest BCUT2D eigenvalue weighted by Gasteiger charge is -2.24. The highest BCUT2D eigenvalue weighted by atomic mass is 32.2. The Morgan fingerprint density at radius 1 is 1.41 bits per heavy atom. The van der Waals surface area contributed by atoms with Gasteiger partial charge in [-0.15, -0.1) is 10.2 Å². The molecule has 17 heavy (non-hydrogen) atoms. The van der Waals surface area contributed by atoms with Gasteiger partial charge in [0.1, 0.15) is 5.82 Å². The van der Waals surface area contributed by atoms with E-state index in [1.807, 2.05) is 6.92 Å². The molecule has 1 aromatic rings. The van der Waals surface area contributed by atoms with Crippen LogP contribution in [0.5, 0.6) is 0 Å². The zero-order chi connectivity index (χ0) is 12.5. The normalized spacial score (nSPS) is 17.1. The molecule has 2 rings (SSSR count). The standard InChI is InChI=1S/C10H18N4O2S/c1-2-6-14-9(7-8-4-3-5-8)12-13-10(14)17(11,15)16/h8H,2-7H2,1H3,(H2,11,15,16). The predicted octanol–water partition coefficient (Wildman–Crippen LogP) is 0.678. The molecule has 1 fully saturated rings. The minimum absolute atomic E-state index is 0.103. The number of primary sulfonamides is 1. The van der Waals surface area contributed by atoms with Crippen molar-refractivity contribution in [1.82, 2.24) is 14.8 Å². The Labute approximate surface area is 101 Å². The van der Waals surface area contributed by atoms with Crippen molar-refractivity contribution >= 4 is 10.0 Å². The van der Waals surface area contributed by atoms with Crippen LogP contribution in [0.2, 0.25) is 0 Å². The molecule has 7 heteroatoms. The summed E-state index contributed by atoms with van der Waals surface area (Å²) >= 11 is 0. The van der Waals surface area contributed by atoms with Crippen molar-refractivity contribution < 1.29 is 8.42 Å². The maximum atomic E-state index is 11.4. The van der Waals surface area contributed by atoms with Crippen molar-refractivity contribution in [2.24, 2.45) is 11.1 Å². The molecule has 2 N–H and O–H groups in total. The van der Waals surface area contributed by atoms with E-state index in [0.717, 1.165) is 18.7 Å². The minimum atomic E-state index is -3.77. The van der Waals surface area contributed by atoms with Gasteiger partial charge in [-0.05, 0) is 12.3 Å². The molecule has 0 unspecified atom stereocenters. The third kappa shape index (κ3) is 2.66. The van der Waals surface area contributed by atoms with Crippen LogP contribution in [0, 0.1) is 5.92 Å². The third-order valence-electron chi connectivity index (χ3n) is 3.19. The summed E-state index contributed by atoms with van der Waals surface area (Å²) in [5, 5.41) is 12.7. The van der Waals surface area contributed by atoms with Crippen LogP contribution in [0.1, 0.15) is 38.4 Å². The average molecular weight is 258 g/mol. The lowest BCUT2D eigenvalue weighted by molar-refractivity contribution is 0.304. The molecule has 1 aliphatic carbocycles. The summed E-state index contributed by atoms with van der Waals surface area (Å²) < 4.78 is 24.4. The largest absolute Gasteiger partial charge is 0.301 e. The smallest absolute Gasteiger partial charge is 0.273 e. The molecule has 1 heterocycles. The fourth-order valence-corrected chi connectivity index (χ4v) is 2.74. The number of sulfonamides is 1. The molecular formula is C10H18N4O2S. The van der Waals surface area contributed by atoms with Gasteiger partial charge in [0.25, 0.3) is 15.2 Å². The van der Waals surface area contributed by atoms with Crippen LogP contribution in [0.15, 0.2) is 5.16 Å². The van der Waals surface area contributed by atoms with E-state index in [0.29, 0.717) is 12.5 Å². The van der Waals surface area contributed by atoms with Crippen molar-refractivity contribution in [3.63, 3.8) is 0 Å². The van der Waals surface area contributed by atoms with Crippen LogP contribution in [0.3, 0.4) is 0 Å². The lowest BCUT2D eigenvalue weighted by Crippen LogP contribution is -2.21. The minimum Gasteiger partial charge on any atom is -0.301 e. The summed E-state index contributed by atoms with van der Waals surface area (Å²) in [5.74, 6) is 1.38. The van der Waals surface area contributed by atoms with Crippen molar-refractivity contribution in [2.45, 2.75) is 50.7 Å². The number of aromatic nitrogens is 3. The van der Waals surface area contributed by atoms with Crippen LogP contribution in [-0.2, 0) is 23.0 Å². The molecule has 0 amide bonds. The molecule has 0 radical (unpaired) electrons. The predicted molar refractivity (Wildman–Crippen MR) is 62.7 cm³/mol. The second kappa shape index (κ2) is 4.73. The van der Waals surface area contributed by atoms with Crippen LogP contribution in [0.25, 0.3) is 0 Å². The zero-order valence-electron chi connectivity index (χ0n) is 9.96. The zero-order valence-corrected chi connectivity index (χ0v) is 10.8. The van der Waals surface area contributed by atoms with Crippen molar-refractivity contribution in [3.8, 4) is 0 Å². The monoisotopic (exact) mass is 258 g/mol. The summed E-state index contributed by atoms with van der Waals surface area (Å²) in [6.07, 6.45) is 5.29. The molecule has 0 aliphatic heterocycles. The average Bonchev–Trinajstić information content (AvgIpc) is 2.55. The molecular weight excluding hydrogens is 240 g/mol. The van der Waals surface area contributed by atoms with E-state index in [4.69, 9.17) is 5.14 Å². The first kappa shape index (κ1) is 12.5. The van der Waals surface area contributed by atoms with Gasteiger partial charge in [0.15, 0.2) is 0 Å². The number of nitrogens with zero attached hydrogens (tertiary/aromatic N) is 3. The van der Waals surface area contributed by atoms with Gasteiger partial charge < -0.3 is 4.57 Å². The fourth-order valence-electron chi connectivity index (χ4n) is 2.08. The van der Waals surface area contributed by atoms with Crippen LogP contribution in [0.4, 0.5) is 0 Å². The SMILES string of the molecule is CCCn1c(CC2CCC2)nnc1S(N)(=O)=O. The van der Waals surface area contributed by atoms with E-state index < -0.39 is 10.0 Å². The molecule has 1 saturated carbocycles. The van der Waals surface area contributed by atoms with Gasteiger partial charge in [0.2, 0.25) is 0 Å². The van der Waals surface area contributed by atoms with E-state index in [2.05, 4.69) is 10.2 Å².